The van der Waals surface area contributed by atoms with E-state index in [0.717, 1.165) is 39.3 Å². The molecule has 7 nitrogen and oxygen atoms in total. The summed E-state index contributed by atoms with van der Waals surface area (Å²) in [4.78, 5) is 12.7. The molecule has 4 aromatic rings. The number of amides is 1. The lowest BCUT2D eigenvalue weighted by atomic mass is 10.1. The van der Waals surface area contributed by atoms with E-state index in [1.54, 1.807) is 48.7 Å². The SMILES string of the molecule is Cc1ccc(N(Cc2ccc(C(=O)N/N=C\c3cc(C)n(-c4ccc(Cl)c(Cl)c4)c3C)cc2)S(C)(=O)=O)cc1C. The van der Waals surface area contributed by atoms with Crippen LogP contribution in [0.5, 0.6) is 0 Å². The van der Waals surface area contributed by atoms with Gasteiger partial charge in [0.2, 0.25) is 10.0 Å². The number of hydrogen-bond acceptors (Lipinski definition) is 4. The van der Waals surface area contributed by atoms with Crippen molar-refractivity contribution < 1.29 is 13.2 Å². The maximum Gasteiger partial charge on any atom is 0.271 e. The molecule has 0 atom stereocenters. The molecule has 1 N–H and O–H groups in total. The summed E-state index contributed by atoms with van der Waals surface area (Å²) in [6.07, 6.45) is 2.78. The molecule has 1 aromatic heterocycles. The van der Waals surface area contributed by atoms with Crippen molar-refractivity contribution in [1.29, 1.82) is 0 Å². The first kappa shape index (κ1) is 29.4. The van der Waals surface area contributed by atoms with Crippen LogP contribution in [-0.4, -0.2) is 31.4 Å². The van der Waals surface area contributed by atoms with Crippen LogP contribution in [0.3, 0.4) is 0 Å². The summed E-state index contributed by atoms with van der Waals surface area (Å²) >= 11 is 12.3. The van der Waals surface area contributed by atoms with Crippen LogP contribution in [0.25, 0.3) is 5.69 Å². The molecule has 3 aromatic carbocycles. The van der Waals surface area contributed by atoms with Crippen molar-refractivity contribution in [3.8, 4) is 5.69 Å². The standard InChI is InChI=1S/C30H30Cl2N4O3S/c1-19-6-11-26(14-20(19)2)35(40(5,38)39)18-23-7-9-24(10-8-23)30(37)34-33-17-25-15-21(3)36(22(25)4)27-12-13-28(31)29(32)16-27/h6-17H,18H2,1-5H3,(H,34,37)/b33-17-. The molecular weight excluding hydrogens is 567 g/mol. The van der Waals surface area contributed by atoms with Gasteiger partial charge in [0.05, 0.1) is 34.7 Å². The third-order valence-corrected chi connectivity index (χ3v) is 8.60. The maximum absolute atomic E-state index is 12.7. The zero-order chi connectivity index (χ0) is 29.2. The summed E-state index contributed by atoms with van der Waals surface area (Å²) < 4.78 is 28.4. The molecule has 0 aliphatic rings. The molecule has 0 aliphatic carbocycles. The number of aromatic nitrogens is 1. The molecule has 40 heavy (non-hydrogen) atoms. The van der Waals surface area contributed by atoms with Crippen LogP contribution in [0.4, 0.5) is 5.69 Å². The van der Waals surface area contributed by atoms with Crippen molar-refractivity contribution in [3.63, 3.8) is 0 Å². The number of benzene rings is 3. The Bertz CT molecular complexity index is 1710. The Hall–Kier alpha value is -3.59. The summed E-state index contributed by atoms with van der Waals surface area (Å²) in [6.45, 7) is 8.00. The number of hydrogen-bond donors (Lipinski definition) is 1. The molecule has 0 fully saturated rings. The van der Waals surface area contributed by atoms with Crippen molar-refractivity contribution in [3.05, 3.63) is 116 Å². The number of carbonyl (C=O) groups excluding carboxylic acids is 1. The van der Waals surface area contributed by atoms with Gasteiger partial charge in [-0.05, 0) is 92.9 Å². The first-order valence-electron chi connectivity index (χ1n) is 12.5. The molecule has 10 heteroatoms. The van der Waals surface area contributed by atoms with Crippen molar-refractivity contribution in [1.82, 2.24) is 9.99 Å². The van der Waals surface area contributed by atoms with E-state index in [1.165, 1.54) is 10.6 Å². The third kappa shape index (κ3) is 6.58. The normalized spacial score (nSPS) is 11.7. The van der Waals surface area contributed by atoms with E-state index >= 15 is 0 Å². The highest BCUT2D eigenvalue weighted by molar-refractivity contribution is 7.92. The molecular formula is C30H30Cl2N4O3S. The predicted octanol–water partition coefficient (Wildman–Crippen LogP) is 6.75. The van der Waals surface area contributed by atoms with Crippen LogP contribution >= 0.6 is 23.2 Å². The van der Waals surface area contributed by atoms with E-state index in [2.05, 4.69) is 10.5 Å². The lowest BCUT2D eigenvalue weighted by Crippen LogP contribution is -2.29. The van der Waals surface area contributed by atoms with Crippen LogP contribution in [0.1, 0.15) is 44.0 Å². The Morgan fingerprint density at radius 1 is 0.925 bits per heavy atom. The second-order valence-corrected chi connectivity index (χ2v) is 12.4. The van der Waals surface area contributed by atoms with Gasteiger partial charge in [-0.1, -0.05) is 41.4 Å². The predicted molar refractivity (Wildman–Crippen MR) is 164 cm³/mol. The fourth-order valence-electron chi connectivity index (χ4n) is 4.37. The molecule has 1 amide bonds. The van der Waals surface area contributed by atoms with Gasteiger partial charge < -0.3 is 4.57 Å². The highest BCUT2D eigenvalue weighted by atomic mass is 35.5. The van der Waals surface area contributed by atoms with E-state index in [9.17, 15) is 13.2 Å². The summed E-state index contributed by atoms with van der Waals surface area (Å²) in [5.74, 6) is -0.379. The lowest BCUT2D eigenvalue weighted by Gasteiger charge is -2.23. The first-order valence-corrected chi connectivity index (χ1v) is 15.1. The molecule has 0 aliphatic heterocycles. The minimum Gasteiger partial charge on any atom is -0.318 e. The number of halogens is 2. The quantitative estimate of drug-likeness (QED) is 0.180. The van der Waals surface area contributed by atoms with E-state index in [0.29, 0.717) is 21.3 Å². The van der Waals surface area contributed by atoms with Gasteiger partial charge in [-0.3, -0.25) is 9.10 Å². The number of sulfonamides is 1. The summed E-state index contributed by atoms with van der Waals surface area (Å²) in [5, 5.41) is 5.10. The molecule has 1 heterocycles. The molecule has 208 valence electrons. The second-order valence-electron chi connectivity index (χ2n) is 9.69. The smallest absolute Gasteiger partial charge is 0.271 e. The monoisotopic (exact) mass is 596 g/mol. The van der Waals surface area contributed by atoms with Crippen LogP contribution in [-0.2, 0) is 16.6 Å². The Labute approximate surface area is 245 Å². The Balaban J connectivity index is 1.45. The maximum atomic E-state index is 12.7. The topological polar surface area (TPSA) is 83.8 Å². The molecule has 0 spiro atoms. The van der Waals surface area contributed by atoms with E-state index < -0.39 is 10.0 Å². The van der Waals surface area contributed by atoms with Crippen molar-refractivity contribution in [2.45, 2.75) is 34.2 Å². The van der Waals surface area contributed by atoms with Gasteiger partial charge in [0, 0.05) is 28.2 Å². The van der Waals surface area contributed by atoms with Crippen molar-refractivity contribution in [2.24, 2.45) is 5.10 Å². The summed E-state index contributed by atoms with van der Waals surface area (Å²) in [7, 11) is -3.52. The molecule has 0 saturated heterocycles. The van der Waals surface area contributed by atoms with Gasteiger partial charge in [0.15, 0.2) is 0 Å². The zero-order valence-corrected chi connectivity index (χ0v) is 25.2. The van der Waals surface area contributed by atoms with E-state index in [-0.39, 0.29) is 12.5 Å². The number of rotatable bonds is 8. The van der Waals surface area contributed by atoms with Gasteiger partial charge in [-0.2, -0.15) is 5.10 Å². The Morgan fingerprint density at radius 3 is 2.25 bits per heavy atom. The van der Waals surface area contributed by atoms with Crippen molar-refractivity contribution in [2.75, 3.05) is 10.6 Å². The number of carbonyl (C=O) groups is 1. The Kier molecular flexibility index (Phi) is 8.73. The fraction of sp³-hybridized carbons (Fsp3) is 0.200. The van der Waals surface area contributed by atoms with Crippen LogP contribution < -0.4 is 9.73 Å². The molecule has 4 rings (SSSR count). The van der Waals surface area contributed by atoms with Crippen molar-refractivity contribution >= 4 is 51.0 Å². The van der Waals surface area contributed by atoms with Gasteiger partial charge in [0.25, 0.3) is 5.91 Å². The first-order chi connectivity index (χ1) is 18.8. The average molecular weight is 598 g/mol. The van der Waals surface area contributed by atoms with Gasteiger partial charge >= 0.3 is 0 Å². The minimum atomic E-state index is -3.52. The molecule has 0 radical (unpaired) electrons. The van der Waals surface area contributed by atoms with Gasteiger partial charge in [-0.15, -0.1) is 0 Å². The highest BCUT2D eigenvalue weighted by Crippen LogP contribution is 2.27. The number of aryl methyl sites for hydroxylation is 3. The van der Waals surface area contributed by atoms with Crippen LogP contribution in [0.15, 0.2) is 71.8 Å². The number of nitrogens with zero attached hydrogens (tertiary/aromatic N) is 3. The Morgan fingerprint density at radius 2 is 1.62 bits per heavy atom. The molecule has 0 saturated carbocycles. The third-order valence-electron chi connectivity index (χ3n) is 6.72. The number of anilines is 1. The lowest BCUT2D eigenvalue weighted by molar-refractivity contribution is 0.0955. The van der Waals surface area contributed by atoms with Crippen LogP contribution in [0, 0.1) is 27.7 Å². The van der Waals surface area contributed by atoms with E-state index in [4.69, 9.17) is 23.2 Å². The summed E-state index contributed by atoms with van der Waals surface area (Å²) in [6, 6.07) is 19.7. The largest absolute Gasteiger partial charge is 0.318 e. The minimum absolute atomic E-state index is 0.149. The van der Waals surface area contributed by atoms with Crippen LogP contribution in [0.2, 0.25) is 10.0 Å². The van der Waals surface area contributed by atoms with Gasteiger partial charge in [0.1, 0.15) is 0 Å². The zero-order valence-electron chi connectivity index (χ0n) is 22.9. The average Bonchev–Trinajstić information content (AvgIpc) is 3.18. The molecule has 0 bridgehead atoms. The van der Waals surface area contributed by atoms with Gasteiger partial charge in [-0.25, -0.2) is 13.8 Å². The van der Waals surface area contributed by atoms with E-state index in [1.807, 2.05) is 56.5 Å². The summed E-state index contributed by atoms with van der Waals surface area (Å²) in [5.41, 5.74) is 10.0. The number of nitrogens with one attached hydrogen (secondary N) is 1. The number of hydrazone groups is 1. The highest BCUT2D eigenvalue weighted by Gasteiger charge is 2.19. The molecule has 0 unspecified atom stereocenters. The second kappa shape index (κ2) is 11.9. The fourth-order valence-corrected chi connectivity index (χ4v) is 5.55.